The third-order valence-electron chi connectivity index (χ3n) is 3.24. The Labute approximate surface area is 113 Å². The van der Waals surface area contributed by atoms with Crippen molar-refractivity contribution >= 4 is 23.4 Å². The number of thioether (sulfide) groups is 1. The lowest BCUT2D eigenvalue weighted by molar-refractivity contribution is 0.641. The molecule has 0 radical (unpaired) electrons. The zero-order valence-electron chi connectivity index (χ0n) is 10.8. The first-order valence-electron chi connectivity index (χ1n) is 6.19. The van der Waals surface area contributed by atoms with Crippen LogP contribution in [0.5, 0.6) is 0 Å². The van der Waals surface area contributed by atoms with Gasteiger partial charge in [0.05, 0.1) is 0 Å². The van der Waals surface area contributed by atoms with E-state index in [0.717, 1.165) is 16.4 Å². The maximum Gasteiger partial charge on any atom is 0.136 e. The minimum Gasteiger partial charge on any atom is -0.226 e. The van der Waals surface area contributed by atoms with Gasteiger partial charge in [-0.05, 0) is 25.7 Å². The van der Waals surface area contributed by atoms with E-state index in [1.807, 2.05) is 18.7 Å². The summed E-state index contributed by atoms with van der Waals surface area (Å²) in [6, 6.07) is 0. The Morgan fingerprint density at radius 1 is 1.24 bits per heavy atom. The van der Waals surface area contributed by atoms with E-state index in [9.17, 15) is 0 Å². The SMILES string of the molecule is Cc1c(Cl)nc(C2CC2)nc1SC(C)C(C)C. The van der Waals surface area contributed by atoms with Crippen molar-refractivity contribution in [3.63, 3.8) is 0 Å². The number of hydrogen-bond acceptors (Lipinski definition) is 3. The third kappa shape index (κ3) is 3.14. The van der Waals surface area contributed by atoms with Crippen molar-refractivity contribution in [2.24, 2.45) is 5.92 Å². The smallest absolute Gasteiger partial charge is 0.136 e. The van der Waals surface area contributed by atoms with Gasteiger partial charge in [-0.3, -0.25) is 0 Å². The van der Waals surface area contributed by atoms with Gasteiger partial charge in [-0.2, -0.15) is 0 Å². The van der Waals surface area contributed by atoms with Gasteiger partial charge < -0.3 is 0 Å². The Kier molecular flexibility index (Phi) is 3.99. The van der Waals surface area contributed by atoms with Gasteiger partial charge in [-0.15, -0.1) is 11.8 Å². The fourth-order valence-electron chi connectivity index (χ4n) is 1.44. The molecule has 0 spiro atoms. The summed E-state index contributed by atoms with van der Waals surface area (Å²) in [6.07, 6.45) is 2.42. The van der Waals surface area contributed by atoms with Crippen molar-refractivity contribution in [3.05, 3.63) is 16.5 Å². The van der Waals surface area contributed by atoms with Crippen molar-refractivity contribution in [3.8, 4) is 0 Å². The zero-order valence-corrected chi connectivity index (χ0v) is 12.4. The number of aromatic nitrogens is 2. The Morgan fingerprint density at radius 3 is 2.41 bits per heavy atom. The molecule has 1 unspecified atom stereocenters. The summed E-state index contributed by atoms with van der Waals surface area (Å²) in [7, 11) is 0. The van der Waals surface area contributed by atoms with Gasteiger partial charge in [-0.25, -0.2) is 9.97 Å². The van der Waals surface area contributed by atoms with Gasteiger partial charge in [0.2, 0.25) is 0 Å². The fourth-order valence-corrected chi connectivity index (χ4v) is 2.71. The number of nitrogens with zero attached hydrogens (tertiary/aromatic N) is 2. The Hall–Kier alpha value is -0.280. The fraction of sp³-hybridized carbons (Fsp3) is 0.692. The topological polar surface area (TPSA) is 25.8 Å². The van der Waals surface area contributed by atoms with Crippen molar-refractivity contribution < 1.29 is 0 Å². The van der Waals surface area contributed by atoms with Crippen molar-refractivity contribution in [2.75, 3.05) is 0 Å². The molecule has 1 atom stereocenters. The first kappa shape index (κ1) is 13.2. The van der Waals surface area contributed by atoms with E-state index in [2.05, 4.69) is 30.7 Å². The van der Waals surface area contributed by atoms with Crippen LogP contribution in [0.4, 0.5) is 0 Å². The van der Waals surface area contributed by atoms with E-state index in [1.165, 1.54) is 12.8 Å². The highest BCUT2D eigenvalue weighted by Crippen LogP contribution is 2.40. The molecule has 94 valence electrons. The molecule has 0 amide bonds. The first-order valence-corrected chi connectivity index (χ1v) is 7.45. The van der Waals surface area contributed by atoms with Crippen LogP contribution < -0.4 is 0 Å². The highest BCUT2D eigenvalue weighted by molar-refractivity contribution is 7.99. The third-order valence-corrected chi connectivity index (χ3v) is 5.14. The highest BCUT2D eigenvalue weighted by atomic mass is 35.5. The normalized spacial score (nSPS) is 17.5. The lowest BCUT2D eigenvalue weighted by Gasteiger charge is -2.16. The summed E-state index contributed by atoms with van der Waals surface area (Å²) in [6.45, 7) is 8.71. The second-order valence-electron chi connectivity index (χ2n) is 5.14. The van der Waals surface area contributed by atoms with Crippen LogP contribution in [0.2, 0.25) is 5.15 Å². The molecule has 1 saturated carbocycles. The number of hydrogen-bond donors (Lipinski definition) is 0. The first-order chi connectivity index (χ1) is 7.99. The van der Waals surface area contributed by atoms with Crippen LogP contribution in [0.3, 0.4) is 0 Å². The second kappa shape index (κ2) is 5.15. The molecule has 0 N–H and O–H groups in total. The molecule has 1 aliphatic rings. The van der Waals surface area contributed by atoms with E-state index in [1.54, 1.807) is 0 Å². The minimum absolute atomic E-state index is 0.548. The van der Waals surface area contributed by atoms with E-state index < -0.39 is 0 Å². The van der Waals surface area contributed by atoms with E-state index in [4.69, 9.17) is 11.6 Å². The maximum atomic E-state index is 6.19. The molecule has 0 aliphatic heterocycles. The summed E-state index contributed by atoms with van der Waals surface area (Å²) >= 11 is 8.01. The predicted molar refractivity (Wildman–Crippen MR) is 73.9 cm³/mol. The van der Waals surface area contributed by atoms with Crippen LogP contribution in [-0.4, -0.2) is 15.2 Å². The largest absolute Gasteiger partial charge is 0.226 e. The molecule has 2 rings (SSSR count). The van der Waals surface area contributed by atoms with E-state index in [-0.39, 0.29) is 0 Å². The molecule has 1 fully saturated rings. The maximum absolute atomic E-state index is 6.19. The average Bonchev–Trinajstić information content (AvgIpc) is 3.07. The van der Waals surface area contributed by atoms with Crippen LogP contribution in [0.15, 0.2) is 5.03 Å². The van der Waals surface area contributed by atoms with Gasteiger partial charge in [0, 0.05) is 16.7 Å². The molecule has 0 aromatic carbocycles. The van der Waals surface area contributed by atoms with Crippen LogP contribution in [-0.2, 0) is 0 Å². The van der Waals surface area contributed by atoms with Crippen molar-refractivity contribution in [2.45, 2.75) is 56.7 Å². The molecule has 1 aliphatic carbocycles. The molecule has 0 saturated heterocycles. The summed E-state index contributed by atoms with van der Waals surface area (Å²) in [5.41, 5.74) is 1.02. The molecule has 1 aromatic heterocycles. The van der Waals surface area contributed by atoms with Gasteiger partial charge >= 0.3 is 0 Å². The molecule has 1 heterocycles. The summed E-state index contributed by atoms with van der Waals surface area (Å²) in [5.74, 6) is 2.14. The van der Waals surface area contributed by atoms with Gasteiger partial charge in [-0.1, -0.05) is 32.4 Å². The highest BCUT2D eigenvalue weighted by Gasteiger charge is 2.28. The molecule has 17 heavy (non-hydrogen) atoms. The van der Waals surface area contributed by atoms with Crippen molar-refractivity contribution in [1.82, 2.24) is 9.97 Å². The van der Waals surface area contributed by atoms with Gasteiger partial charge in [0.1, 0.15) is 16.0 Å². The summed E-state index contributed by atoms with van der Waals surface area (Å²) in [5, 5.41) is 2.24. The molecule has 1 aromatic rings. The zero-order chi connectivity index (χ0) is 12.6. The predicted octanol–water partition coefficient (Wildman–Crippen LogP) is 4.45. The summed E-state index contributed by atoms with van der Waals surface area (Å²) in [4.78, 5) is 9.07. The molecule has 4 heteroatoms. The Balaban J connectivity index is 2.25. The van der Waals surface area contributed by atoms with Crippen LogP contribution in [0, 0.1) is 12.8 Å². The van der Waals surface area contributed by atoms with E-state index >= 15 is 0 Å². The molecule has 0 bridgehead atoms. The van der Waals surface area contributed by atoms with Gasteiger partial charge in [0.15, 0.2) is 0 Å². The Morgan fingerprint density at radius 2 is 1.88 bits per heavy atom. The van der Waals surface area contributed by atoms with E-state index in [0.29, 0.717) is 22.2 Å². The van der Waals surface area contributed by atoms with Crippen molar-refractivity contribution in [1.29, 1.82) is 0 Å². The Bertz CT molecular complexity index is 416. The average molecular weight is 271 g/mol. The lowest BCUT2D eigenvalue weighted by Crippen LogP contribution is -2.08. The molecular weight excluding hydrogens is 252 g/mol. The number of halogens is 1. The molecular formula is C13H19ClN2S. The lowest BCUT2D eigenvalue weighted by atomic mass is 10.2. The van der Waals surface area contributed by atoms with Crippen LogP contribution in [0.25, 0.3) is 0 Å². The number of rotatable bonds is 4. The minimum atomic E-state index is 0.548. The molecule has 2 nitrogen and oxygen atoms in total. The standard InChI is InChI=1S/C13H19ClN2S/c1-7(2)9(4)17-13-8(3)11(14)15-12(16-13)10-5-6-10/h7,9-10H,5-6H2,1-4H3. The second-order valence-corrected chi connectivity index (χ2v) is 6.87. The van der Waals surface area contributed by atoms with Gasteiger partial charge in [0.25, 0.3) is 0 Å². The quantitative estimate of drug-likeness (QED) is 0.597. The van der Waals surface area contributed by atoms with Crippen LogP contribution >= 0.6 is 23.4 Å². The summed E-state index contributed by atoms with van der Waals surface area (Å²) < 4.78 is 0. The monoisotopic (exact) mass is 270 g/mol. The van der Waals surface area contributed by atoms with Crippen LogP contribution in [0.1, 0.15) is 50.9 Å².